The normalized spacial score (nSPS) is 10.2. The standard InChI is InChI=1S/C15H10FN3O/c16-14-7-5-13(6-8-14)15(20)19-18-10-12-3-1-11(9-17)2-4-12/h1-8,10H,(H,19,20)/b18-10-. The van der Waals surface area contributed by atoms with Crippen LogP contribution in [-0.2, 0) is 0 Å². The van der Waals surface area contributed by atoms with Gasteiger partial charge in [-0.15, -0.1) is 0 Å². The third-order valence-electron chi connectivity index (χ3n) is 2.53. The van der Waals surface area contributed by atoms with Gasteiger partial charge in [0.2, 0.25) is 0 Å². The maximum Gasteiger partial charge on any atom is 0.271 e. The van der Waals surface area contributed by atoms with Crippen molar-refractivity contribution in [2.75, 3.05) is 0 Å². The van der Waals surface area contributed by atoms with Gasteiger partial charge in [0, 0.05) is 5.56 Å². The van der Waals surface area contributed by atoms with E-state index in [4.69, 9.17) is 5.26 Å². The first-order valence-electron chi connectivity index (χ1n) is 5.78. The quantitative estimate of drug-likeness (QED) is 0.685. The Morgan fingerprint density at radius 3 is 2.40 bits per heavy atom. The summed E-state index contributed by atoms with van der Waals surface area (Å²) in [6, 6.07) is 13.9. The van der Waals surface area contributed by atoms with Gasteiger partial charge in [-0.1, -0.05) is 12.1 Å². The molecular formula is C15H10FN3O. The molecule has 0 radical (unpaired) electrons. The summed E-state index contributed by atoms with van der Waals surface area (Å²) in [6.07, 6.45) is 1.46. The minimum absolute atomic E-state index is 0.323. The highest BCUT2D eigenvalue weighted by Crippen LogP contribution is 2.03. The topological polar surface area (TPSA) is 65.2 Å². The molecule has 98 valence electrons. The fourth-order valence-electron chi connectivity index (χ4n) is 1.47. The molecule has 0 aliphatic rings. The van der Waals surface area contributed by atoms with Gasteiger partial charge in [-0.05, 0) is 42.0 Å². The van der Waals surface area contributed by atoms with Gasteiger partial charge in [-0.25, -0.2) is 9.82 Å². The van der Waals surface area contributed by atoms with Crippen molar-refractivity contribution in [1.82, 2.24) is 5.43 Å². The molecule has 0 aliphatic heterocycles. The molecule has 5 heteroatoms. The van der Waals surface area contributed by atoms with E-state index in [1.807, 2.05) is 6.07 Å². The number of carbonyl (C=O) groups is 1. The molecular weight excluding hydrogens is 257 g/mol. The second-order valence-corrected chi connectivity index (χ2v) is 3.94. The van der Waals surface area contributed by atoms with Gasteiger partial charge in [0.05, 0.1) is 17.8 Å². The van der Waals surface area contributed by atoms with Gasteiger partial charge in [0.15, 0.2) is 0 Å². The first kappa shape index (κ1) is 13.4. The van der Waals surface area contributed by atoms with Crippen LogP contribution in [0.4, 0.5) is 4.39 Å². The predicted molar refractivity (Wildman–Crippen MR) is 72.6 cm³/mol. The third-order valence-corrected chi connectivity index (χ3v) is 2.53. The van der Waals surface area contributed by atoms with Crippen LogP contribution in [0.5, 0.6) is 0 Å². The van der Waals surface area contributed by atoms with E-state index in [9.17, 15) is 9.18 Å². The number of hydrazone groups is 1. The molecule has 0 unspecified atom stereocenters. The number of amides is 1. The van der Waals surface area contributed by atoms with Crippen molar-refractivity contribution in [1.29, 1.82) is 5.26 Å². The zero-order valence-electron chi connectivity index (χ0n) is 10.4. The molecule has 2 rings (SSSR count). The van der Waals surface area contributed by atoms with Gasteiger partial charge in [-0.2, -0.15) is 10.4 Å². The molecule has 0 spiro atoms. The number of halogens is 1. The molecule has 0 fully saturated rings. The molecule has 1 N–H and O–H groups in total. The molecule has 0 heterocycles. The van der Waals surface area contributed by atoms with E-state index >= 15 is 0 Å². The van der Waals surface area contributed by atoms with Crippen molar-refractivity contribution >= 4 is 12.1 Å². The van der Waals surface area contributed by atoms with Crippen molar-refractivity contribution in [2.45, 2.75) is 0 Å². The summed E-state index contributed by atoms with van der Waals surface area (Å²) in [4.78, 5) is 11.7. The molecule has 20 heavy (non-hydrogen) atoms. The summed E-state index contributed by atoms with van der Waals surface area (Å²) >= 11 is 0. The molecule has 0 saturated heterocycles. The number of nitriles is 1. The molecule has 0 aliphatic carbocycles. The number of rotatable bonds is 3. The zero-order chi connectivity index (χ0) is 14.4. The van der Waals surface area contributed by atoms with Gasteiger partial charge in [-0.3, -0.25) is 4.79 Å². The zero-order valence-corrected chi connectivity index (χ0v) is 10.4. The Labute approximate surface area is 115 Å². The lowest BCUT2D eigenvalue weighted by atomic mass is 10.2. The largest absolute Gasteiger partial charge is 0.271 e. The Bertz CT molecular complexity index is 670. The fourth-order valence-corrected chi connectivity index (χ4v) is 1.47. The van der Waals surface area contributed by atoms with Crippen LogP contribution in [0.3, 0.4) is 0 Å². The lowest BCUT2D eigenvalue weighted by Crippen LogP contribution is -2.17. The minimum atomic E-state index is -0.421. The number of benzene rings is 2. The van der Waals surface area contributed by atoms with E-state index in [2.05, 4.69) is 10.5 Å². The van der Waals surface area contributed by atoms with E-state index in [1.165, 1.54) is 30.5 Å². The van der Waals surface area contributed by atoms with Crippen molar-refractivity contribution in [3.63, 3.8) is 0 Å². The van der Waals surface area contributed by atoms with Gasteiger partial charge < -0.3 is 0 Å². The molecule has 2 aromatic rings. The van der Waals surface area contributed by atoms with Crippen molar-refractivity contribution in [3.05, 3.63) is 71.0 Å². The second-order valence-electron chi connectivity index (χ2n) is 3.94. The Morgan fingerprint density at radius 1 is 1.15 bits per heavy atom. The van der Waals surface area contributed by atoms with Crippen LogP contribution < -0.4 is 5.43 Å². The fraction of sp³-hybridized carbons (Fsp3) is 0. The van der Waals surface area contributed by atoms with Crippen molar-refractivity contribution in [2.24, 2.45) is 5.10 Å². The molecule has 0 saturated carbocycles. The SMILES string of the molecule is N#Cc1ccc(/C=N\NC(=O)c2ccc(F)cc2)cc1. The second kappa shape index (κ2) is 6.25. The van der Waals surface area contributed by atoms with E-state index in [1.54, 1.807) is 24.3 Å². The van der Waals surface area contributed by atoms with E-state index in [-0.39, 0.29) is 0 Å². The van der Waals surface area contributed by atoms with Crippen LogP contribution in [0.2, 0.25) is 0 Å². The molecule has 0 aromatic heterocycles. The smallest absolute Gasteiger partial charge is 0.267 e. The number of nitrogens with one attached hydrogen (secondary N) is 1. The summed E-state index contributed by atoms with van der Waals surface area (Å²) < 4.78 is 12.7. The average Bonchev–Trinajstić information content (AvgIpc) is 2.48. The van der Waals surface area contributed by atoms with Gasteiger partial charge >= 0.3 is 0 Å². The summed E-state index contributed by atoms with van der Waals surface area (Å²) in [5.41, 5.74) is 3.97. The Balaban J connectivity index is 1.97. The third kappa shape index (κ3) is 3.50. The first-order chi connectivity index (χ1) is 9.69. The maximum atomic E-state index is 12.7. The Kier molecular flexibility index (Phi) is 4.20. The number of hydrogen-bond donors (Lipinski definition) is 1. The number of hydrogen-bond acceptors (Lipinski definition) is 3. The lowest BCUT2D eigenvalue weighted by Gasteiger charge is -1.99. The lowest BCUT2D eigenvalue weighted by molar-refractivity contribution is 0.0955. The number of nitrogens with zero attached hydrogens (tertiary/aromatic N) is 2. The molecule has 0 atom stereocenters. The van der Waals surface area contributed by atoms with Gasteiger partial charge in [0.25, 0.3) is 5.91 Å². The summed E-state index contributed by atoms with van der Waals surface area (Å²) in [5.74, 6) is -0.822. The van der Waals surface area contributed by atoms with Crippen LogP contribution in [0.15, 0.2) is 53.6 Å². The van der Waals surface area contributed by atoms with Crippen LogP contribution >= 0.6 is 0 Å². The van der Waals surface area contributed by atoms with Crippen molar-refractivity contribution in [3.8, 4) is 6.07 Å². The monoisotopic (exact) mass is 267 g/mol. The molecule has 1 amide bonds. The molecule has 0 bridgehead atoms. The van der Waals surface area contributed by atoms with Crippen LogP contribution in [0, 0.1) is 17.1 Å². The first-order valence-corrected chi connectivity index (χ1v) is 5.78. The highest BCUT2D eigenvalue weighted by Gasteiger charge is 2.03. The van der Waals surface area contributed by atoms with E-state index in [0.29, 0.717) is 11.1 Å². The Hall–Kier alpha value is -3.00. The van der Waals surface area contributed by atoms with Crippen LogP contribution in [-0.4, -0.2) is 12.1 Å². The molecule has 4 nitrogen and oxygen atoms in total. The number of carbonyl (C=O) groups excluding carboxylic acids is 1. The summed E-state index contributed by atoms with van der Waals surface area (Å²) in [5, 5.41) is 12.5. The highest BCUT2D eigenvalue weighted by molar-refractivity contribution is 5.94. The summed E-state index contributed by atoms with van der Waals surface area (Å²) in [6.45, 7) is 0. The Morgan fingerprint density at radius 2 is 1.80 bits per heavy atom. The average molecular weight is 267 g/mol. The van der Waals surface area contributed by atoms with Gasteiger partial charge in [0.1, 0.15) is 5.82 Å². The summed E-state index contributed by atoms with van der Waals surface area (Å²) in [7, 11) is 0. The molecule has 2 aromatic carbocycles. The van der Waals surface area contributed by atoms with Crippen LogP contribution in [0.25, 0.3) is 0 Å². The highest BCUT2D eigenvalue weighted by atomic mass is 19.1. The maximum absolute atomic E-state index is 12.7. The minimum Gasteiger partial charge on any atom is -0.267 e. The van der Waals surface area contributed by atoms with Crippen molar-refractivity contribution < 1.29 is 9.18 Å². The van der Waals surface area contributed by atoms with E-state index in [0.717, 1.165) is 5.56 Å². The predicted octanol–water partition coefficient (Wildman–Crippen LogP) is 2.46. The van der Waals surface area contributed by atoms with E-state index < -0.39 is 11.7 Å². The van der Waals surface area contributed by atoms with Crippen LogP contribution in [0.1, 0.15) is 21.5 Å².